The van der Waals surface area contributed by atoms with Gasteiger partial charge in [-0.3, -0.25) is 14.9 Å². The Morgan fingerprint density at radius 3 is 2.79 bits per heavy atom. The highest BCUT2D eigenvalue weighted by Gasteiger charge is 2.13. The number of nitro groups is 1. The summed E-state index contributed by atoms with van der Waals surface area (Å²) in [5.74, 6) is -0.305. The zero-order chi connectivity index (χ0) is 14.4. The predicted molar refractivity (Wildman–Crippen MR) is 72.4 cm³/mol. The lowest BCUT2D eigenvalue weighted by atomic mass is 10.2. The fourth-order valence-electron chi connectivity index (χ4n) is 1.52. The minimum absolute atomic E-state index is 0.0754. The molecule has 19 heavy (non-hydrogen) atoms. The average Bonchev–Trinajstić information content (AvgIpc) is 2.31. The van der Waals surface area contributed by atoms with Crippen LogP contribution >= 0.6 is 11.6 Å². The molecule has 1 N–H and O–H groups in total. The van der Waals surface area contributed by atoms with Crippen LogP contribution in [-0.4, -0.2) is 23.5 Å². The molecule has 0 aliphatic rings. The van der Waals surface area contributed by atoms with Gasteiger partial charge >= 0.3 is 5.97 Å². The summed E-state index contributed by atoms with van der Waals surface area (Å²) in [4.78, 5) is 21.3. The maximum absolute atomic E-state index is 11.3. The van der Waals surface area contributed by atoms with Gasteiger partial charge in [0.05, 0.1) is 28.7 Å². The molecule has 0 fully saturated rings. The van der Waals surface area contributed by atoms with Crippen molar-refractivity contribution < 1.29 is 14.5 Å². The highest BCUT2D eigenvalue weighted by molar-refractivity contribution is 6.33. The first kappa shape index (κ1) is 15.2. The van der Waals surface area contributed by atoms with Crippen molar-refractivity contribution in [3.05, 3.63) is 33.3 Å². The monoisotopic (exact) mass is 286 g/mol. The fraction of sp³-hybridized carbons (Fsp3) is 0.417. The third kappa shape index (κ3) is 4.75. The Morgan fingerprint density at radius 1 is 1.58 bits per heavy atom. The lowest BCUT2D eigenvalue weighted by Gasteiger charge is -2.15. The molecule has 0 saturated carbocycles. The van der Waals surface area contributed by atoms with Crippen molar-refractivity contribution in [3.63, 3.8) is 0 Å². The molecule has 1 aromatic carbocycles. The molecule has 0 radical (unpaired) electrons. The van der Waals surface area contributed by atoms with Gasteiger partial charge in [-0.25, -0.2) is 0 Å². The minimum Gasteiger partial charge on any atom is -0.466 e. The SMILES string of the molecule is CCOC(=O)CC(C)Nc1ccc([N+](=O)[O-])cc1Cl. The summed E-state index contributed by atoms with van der Waals surface area (Å²) in [6.07, 6.45) is 0.196. The molecule has 0 aromatic heterocycles. The largest absolute Gasteiger partial charge is 0.466 e. The van der Waals surface area contributed by atoms with E-state index in [0.717, 1.165) is 0 Å². The lowest BCUT2D eigenvalue weighted by Crippen LogP contribution is -2.21. The maximum Gasteiger partial charge on any atom is 0.307 e. The summed E-state index contributed by atoms with van der Waals surface area (Å²) in [5.41, 5.74) is 0.470. The van der Waals surface area contributed by atoms with Crippen molar-refractivity contribution >= 4 is 28.9 Å². The van der Waals surface area contributed by atoms with Crippen molar-refractivity contribution in [1.29, 1.82) is 0 Å². The zero-order valence-corrected chi connectivity index (χ0v) is 11.4. The molecule has 0 aliphatic heterocycles. The van der Waals surface area contributed by atoms with Gasteiger partial charge in [-0.1, -0.05) is 11.6 Å². The quantitative estimate of drug-likeness (QED) is 0.494. The van der Waals surface area contributed by atoms with Crippen LogP contribution in [0.5, 0.6) is 0 Å². The van der Waals surface area contributed by atoms with Crippen LogP contribution in [0.25, 0.3) is 0 Å². The van der Waals surface area contributed by atoms with E-state index in [2.05, 4.69) is 5.32 Å². The topological polar surface area (TPSA) is 81.5 Å². The normalized spacial score (nSPS) is 11.7. The number of rotatable bonds is 6. The minimum atomic E-state index is -0.516. The van der Waals surface area contributed by atoms with Gasteiger partial charge in [-0.2, -0.15) is 0 Å². The Balaban J connectivity index is 2.66. The molecule has 0 spiro atoms. The summed E-state index contributed by atoms with van der Waals surface area (Å²) in [6, 6.07) is 3.95. The van der Waals surface area contributed by atoms with E-state index in [4.69, 9.17) is 16.3 Å². The number of nitrogens with zero attached hydrogens (tertiary/aromatic N) is 1. The molecule has 0 heterocycles. The summed E-state index contributed by atoms with van der Waals surface area (Å²) in [6.45, 7) is 3.88. The van der Waals surface area contributed by atoms with E-state index in [1.54, 1.807) is 13.8 Å². The molecule has 1 aromatic rings. The molecule has 1 unspecified atom stereocenters. The molecule has 6 nitrogen and oxygen atoms in total. The number of anilines is 1. The molecule has 104 valence electrons. The Morgan fingerprint density at radius 2 is 2.26 bits per heavy atom. The second-order valence-electron chi connectivity index (χ2n) is 3.98. The number of nitro benzene ring substituents is 1. The van der Waals surface area contributed by atoms with Crippen molar-refractivity contribution in [2.75, 3.05) is 11.9 Å². The van der Waals surface area contributed by atoms with Gasteiger partial charge in [-0.15, -0.1) is 0 Å². The molecule has 7 heteroatoms. The van der Waals surface area contributed by atoms with Gasteiger partial charge in [0.25, 0.3) is 5.69 Å². The number of halogens is 1. The number of nitrogens with one attached hydrogen (secondary N) is 1. The lowest BCUT2D eigenvalue weighted by molar-refractivity contribution is -0.384. The Labute approximate surface area is 115 Å². The van der Waals surface area contributed by atoms with E-state index in [1.807, 2.05) is 0 Å². The number of benzene rings is 1. The van der Waals surface area contributed by atoms with E-state index >= 15 is 0 Å². The van der Waals surface area contributed by atoms with Gasteiger partial charge in [0, 0.05) is 18.2 Å². The number of carbonyl (C=O) groups is 1. The first-order chi connectivity index (χ1) is 8.93. The molecular formula is C12H15ClN2O4. The highest BCUT2D eigenvalue weighted by Crippen LogP contribution is 2.27. The average molecular weight is 287 g/mol. The van der Waals surface area contributed by atoms with Crippen molar-refractivity contribution in [3.8, 4) is 0 Å². The van der Waals surface area contributed by atoms with Crippen LogP contribution in [0.15, 0.2) is 18.2 Å². The highest BCUT2D eigenvalue weighted by atomic mass is 35.5. The number of non-ortho nitro benzene ring substituents is 1. The first-order valence-electron chi connectivity index (χ1n) is 5.80. The van der Waals surface area contributed by atoms with Gasteiger partial charge in [0.15, 0.2) is 0 Å². The van der Waals surface area contributed by atoms with Crippen LogP contribution in [0.3, 0.4) is 0 Å². The summed E-state index contributed by atoms with van der Waals surface area (Å²) in [5, 5.41) is 13.8. The molecule has 0 saturated heterocycles. The van der Waals surface area contributed by atoms with Crippen LogP contribution in [-0.2, 0) is 9.53 Å². The Kier molecular flexibility index (Phi) is 5.57. The summed E-state index contributed by atoms with van der Waals surface area (Å²) in [7, 11) is 0. The van der Waals surface area contributed by atoms with E-state index in [9.17, 15) is 14.9 Å². The van der Waals surface area contributed by atoms with E-state index in [0.29, 0.717) is 12.3 Å². The molecule has 1 rings (SSSR count). The van der Waals surface area contributed by atoms with Gasteiger partial charge in [-0.05, 0) is 19.9 Å². The van der Waals surface area contributed by atoms with E-state index in [-0.39, 0.29) is 29.1 Å². The standard InChI is InChI=1S/C12H15ClN2O4/c1-3-19-12(16)6-8(2)14-11-5-4-9(15(17)18)7-10(11)13/h4-5,7-8,14H,3,6H2,1-2H3. The molecule has 0 amide bonds. The Bertz CT molecular complexity index is 479. The fourth-order valence-corrected chi connectivity index (χ4v) is 1.75. The van der Waals surface area contributed by atoms with Crippen molar-refractivity contribution in [2.24, 2.45) is 0 Å². The number of esters is 1. The molecular weight excluding hydrogens is 272 g/mol. The van der Waals surface area contributed by atoms with E-state index < -0.39 is 4.92 Å². The molecule has 1 atom stereocenters. The molecule has 0 aliphatic carbocycles. The van der Waals surface area contributed by atoms with Gasteiger partial charge in [0.2, 0.25) is 0 Å². The third-order valence-electron chi connectivity index (χ3n) is 2.34. The Hall–Kier alpha value is -1.82. The smallest absolute Gasteiger partial charge is 0.307 e. The predicted octanol–water partition coefficient (Wildman–Crippen LogP) is 3.00. The van der Waals surface area contributed by atoms with Crippen molar-refractivity contribution in [2.45, 2.75) is 26.3 Å². The van der Waals surface area contributed by atoms with E-state index in [1.165, 1.54) is 18.2 Å². The second kappa shape index (κ2) is 6.94. The number of hydrogen-bond donors (Lipinski definition) is 1. The van der Waals surface area contributed by atoms with Crippen LogP contribution in [0, 0.1) is 10.1 Å². The summed E-state index contributed by atoms with van der Waals surface area (Å²) >= 11 is 5.93. The number of carbonyl (C=O) groups excluding carboxylic acids is 1. The number of hydrogen-bond acceptors (Lipinski definition) is 5. The van der Waals surface area contributed by atoms with Crippen LogP contribution < -0.4 is 5.32 Å². The van der Waals surface area contributed by atoms with Gasteiger partial charge in [0.1, 0.15) is 0 Å². The summed E-state index contributed by atoms with van der Waals surface area (Å²) < 4.78 is 4.83. The number of ether oxygens (including phenoxy) is 1. The van der Waals surface area contributed by atoms with Crippen molar-refractivity contribution in [1.82, 2.24) is 0 Å². The second-order valence-corrected chi connectivity index (χ2v) is 4.38. The van der Waals surface area contributed by atoms with Gasteiger partial charge < -0.3 is 10.1 Å². The van der Waals surface area contributed by atoms with Crippen LogP contribution in [0.4, 0.5) is 11.4 Å². The third-order valence-corrected chi connectivity index (χ3v) is 2.66. The molecule has 0 bridgehead atoms. The zero-order valence-electron chi connectivity index (χ0n) is 10.7. The van der Waals surface area contributed by atoms with Crippen LogP contribution in [0.2, 0.25) is 5.02 Å². The van der Waals surface area contributed by atoms with Crippen LogP contribution in [0.1, 0.15) is 20.3 Å². The maximum atomic E-state index is 11.3. The first-order valence-corrected chi connectivity index (χ1v) is 6.18.